The van der Waals surface area contributed by atoms with Gasteiger partial charge in [-0.2, -0.15) is 5.10 Å². The fraction of sp³-hybridized carbons (Fsp3) is 0.286. The molecule has 0 aliphatic heterocycles. The van der Waals surface area contributed by atoms with E-state index in [1.807, 2.05) is 0 Å². The summed E-state index contributed by atoms with van der Waals surface area (Å²) in [6.45, 7) is 1.77. The van der Waals surface area contributed by atoms with Gasteiger partial charge in [-0.1, -0.05) is 6.92 Å². The smallest absolute Gasteiger partial charge is 0.341 e. The molecule has 0 radical (unpaired) electrons. The molecule has 0 aliphatic rings. The normalized spacial score (nSPS) is 9.75. The highest BCUT2D eigenvalue weighted by Gasteiger charge is 2.12. The number of carboxylic acids is 1. The molecule has 0 atom stereocenters. The second-order valence-corrected chi connectivity index (χ2v) is 2.26. The standard InChI is InChI=1S/C7H8N2O3/c1-2-4-3-8-9-6(10)5(4)7(11)12/h3H,2H2,1H3,(H,9,10)(H,11,12). The molecule has 1 aromatic rings. The third-order valence-electron chi connectivity index (χ3n) is 1.53. The minimum atomic E-state index is -1.21. The van der Waals surface area contributed by atoms with Crippen molar-refractivity contribution in [2.45, 2.75) is 13.3 Å². The van der Waals surface area contributed by atoms with Crippen LogP contribution in [0.4, 0.5) is 0 Å². The molecule has 0 amide bonds. The highest BCUT2D eigenvalue weighted by Crippen LogP contribution is 2.01. The Kier molecular flexibility index (Phi) is 2.23. The Hall–Kier alpha value is -1.65. The second-order valence-electron chi connectivity index (χ2n) is 2.26. The third-order valence-corrected chi connectivity index (χ3v) is 1.53. The summed E-state index contributed by atoms with van der Waals surface area (Å²) < 4.78 is 0. The summed E-state index contributed by atoms with van der Waals surface area (Å²) in [5.41, 5.74) is -0.416. The molecule has 0 aromatic carbocycles. The van der Waals surface area contributed by atoms with Crippen LogP contribution in [0.15, 0.2) is 11.0 Å². The zero-order valence-corrected chi connectivity index (χ0v) is 6.50. The summed E-state index contributed by atoms with van der Waals surface area (Å²) in [4.78, 5) is 21.5. The maximum absolute atomic E-state index is 10.9. The van der Waals surface area contributed by atoms with Crippen LogP contribution in [0.25, 0.3) is 0 Å². The van der Waals surface area contributed by atoms with Gasteiger partial charge in [-0.05, 0) is 12.0 Å². The van der Waals surface area contributed by atoms with E-state index in [4.69, 9.17) is 5.11 Å². The Bertz CT molecular complexity index is 356. The van der Waals surface area contributed by atoms with Gasteiger partial charge in [0, 0.05) is 0 Å². The van der Waals surface area contributed by atoms with E-state index in [0.29, 0.717) is 12.0 Å². The van der Waals surface area contributed by atoms with E-state index in [2.05, 4.69) is 10.2 Å². The Labute approximate surface area is 68.1 Å². The van der Waals surface area contributed by atoms with Gasteiger partial charge < -0.3 is 5.11 Å². The van der Waals surface area contributed by atoms with Crippen molar-refractivity contribution in [2.24, 2.45) is 0 Å². The summed E-state index contributed by atoms with van der Waals surface area (Å²) in [7, 11) is 0. The number of H-pyrrole nitrogens is 1. The molecule has 64 valence electrons. The van der Waals surface area contributed by atoms with Gasteiger partial charge in [-0.25, -0.2) is 9.89 Å². The van der Waals surface area contributed by atoms with Crippen LogP contribution in [-0.4, -0.2) is 21.3 Å². The molecule has 5 nitrogen and oxygen atoms in total. The zero-order chi connectivity index (χ0) is 9.14. The van der Waals surface area contributed by atoms with Crippen molar-refractivity contribution in [1.29, 1.82) is 0 Å². The lowest BCUT2D eigenvalue weighted by molar-refractivity contribution is 0.0693. The molecule has 1 rings (SSSR count). The number of aryl methyl sites for hydroxylation is 1. The van der Waals surface area contributed by atoms with Crippen molar-refractivity contribution in [1.82, 2.24) is 10.2 Å². The molecule has 5 heteroatoms. The lowest BCUT2D eigenvalue weighted by atomic mass is 10.1. The maximum atomic E-state index is 10.9. The molecule has 0 unspecified atom stereocenters. The van der Waals surface area contributed by atoms with Crippen LogP contribution in [0.5, 0.6) is 0 Å². The Morgan fingerprint density at radius 1 is 1.75 bits per heavy atom. The van der Waals surface area contributed by atoms with Crippen molar-refractivity contribution < 1.29 is 9.90 Å². The van der Waals surface area contributed by atoms with Crippen LogP contribution in [0, 0.1) is 0 Å². The van der Waals surface area contributed by atoms with Crippen molar-refractivity contribution in [3.05, 3.63) is 27.7 Å². The van der Waals surface area contributed by atoms with E-state index in [0.717, 1.165) is 0 Å². The molecule has 0 saturated heterocycles. The van der Waals surface area contributed by atoms with Crippen molar-refractivity contribution >= 4 is 5.97 Å². The lowest BCUT2D eigenvalue weighted by Gasteiger charge is -1.98. The summed E-state index contributed by atoms with van der Waals surface area (Å²) in [5.74, 6) is -1.21. The monoisotopic (exact) mass is 168 g/mol. The topological polar surface area (TPSA) is 83.0 Å². The number of aromatic nitrogens is 2. The first-order valence-electron chi connectivity index (χ1n) is 3.46. The van der Waals surface area contributed by atoms with Crippen LogP contribution in [0.3, 0.4) is 0 Å². The molecular formula is C7H8N2O3. The largest absolute Gasteiger partial charge is 0.477 e. The lowest BCUT2D eigenvalue weighted by Crippen LogP contribution is -2.21. The predicted molar refractivity (Wildman–Crippen MR) is 41.2 cm³/mol. The Morgan fingerprint density at radius 3 is 2.83 bits per heavy atom. The van der Waals surface area contributed by atoms with Gasteiger partial charge >= 0.3 is 5.97 Å². The quantitative estimate of drug-likeness (QED) is 0.652. The second kappa shape index (κ2) is 3.17. The van der Waals surface area contributed by atoms with E-state index >= 15 is 0 Å². The van der Waals surface area contributed by atoms with Gasteiger partial charge in [0.1, 0.15) is 5.56 Å². The van der Waals surface area contributed by atoms with Crippen molar-refractivity contribution in [3.63, 3.8) is 0 Å². The van der Waals surface area contributed by atoms with Crippen LogP contribution in [0.1, 0.15) is 22.8 Å². The SMILES string of the molecule is CCc1cn[nH]c(=O)c1C(=O)O. The number of carboxylic acid groups (broad SMARTS) is 1. The number of nitrogens with one attached hydrogen (secondary N) is 1. The van der Waals surface area contributed by atoms with Gasteiger partial charge in [0.05, 0.1) is 6.20 Å². The van der Waals surface area contributed by atoms with E-state index in [1.54, 1.807) is 6.92 Å². The molecule has 0 saturated carbocycles. The molecule has 1 heterocycles. The van der Waals surface area contributed by atoms with Gasteiger partial charge in [0.25, 0.3) is 5.56 Å². The maximum Gasteiger partial charge on any atom is 0.341 e. The van der Waals surface area contributed by atoms with Crippen LogP contribution >= 0.6 is 0 Å². The fourth-order valence-corrected chi connectivity index (χ4v) is 0.938. The van der Waals surface area contributed by atoms with Gasteiger partial charge in [-0.15, -0.1) is 0 Å². The number of nitrogens with zero attached hydrogens (tertiary/aromatic N) is 1. The number of rotatable bonds is 2. The van der Waals surface area contributed by atoms with E-state index in [9.17, 15) is 9.59 Å². The van der Waals surface area contributed by atoms with E-state index < -0.39 is 11.5 Å². The molecule has 12 heavy (non-hydrogen) atoms. The average molecular weight is 168 g/mol. The van der Waals surface area contributed by atoms with Gasteiger partial charge in [-0.3, -0.25) is 4.79 Å². The van der Waals surface area contributed by atoms with Crippen molar-refractivity contribution in [3.8, 4) is 0 Å². The van der Waals surface area contributed by atoms with Gasteiger partial charge in [0.15, 0.2) is 0 Å². The summed E-state index contributed by atoms with van der Waals surface area (Å²) in [6, 6.07) is 0. The number of hydrogen-bond acceptors (Lipinski definition) is 3. The predicted octanol–water partition coefficient (Wildman–Crippen LogP) is 0.0305. The highest BCUT2D eigenvalue weighted by atomic mass is 16.4. The first-order valence-corrected chi connectivity index (χ1v) is 3.46. The summed E-state index contributed by atoms with van der Waals surface area (Å²) in [6.07, 6.45) is 1.84. The molecule has 0 spiro atoms. The summed E-state index contributed by atoms with van der Waals surface area (Å²) in [5, 5.41) is 14.2. The van der Waals surface area contributed by atoms with Crippen LogP contribution in [0.2, 0.25) is 0 Å². The Balaban J connectivity index is 3.40. The van der Waals surface area contributed by atoms with Crippen LogP contribution in [-0.2, 0) is 6.42 Å². The number of carbonyl (C=O) groups is 1. The minimum Gasteiger partial charge on any atom is -0.477 e. The zero-order valence-electron chi connectivity index (χ0n) is 6.50. The van der Waals surface area contributed by atoms with Crippen LogP contribution < -0.4 is 5.56 Å². The minimum absolute atomic E-state index is 0.215. The molecule has 1 aromatic heterocycles. The molecule has 2 N–H and O–H groups in total. The average Bonchev–Trinajstić information content (AvgIpc) is 2.03. The van der Waals surface area contributed by atoms with E-state index in [-0.39, 0.29) is 5.56 Å². The Morgan fingerprint density at radius 2 is 2.42 bits per heavy atom. The summed E-state index contributed by atoms with van der Waals surface area (Å²) >= 11 is 0. The molecule has 0 aliphatic carbocycles. The number of aromatic carboxylic acids is 1. The third kappa shape index (κ3) is 1.34. The van der Waals surface area contributed by atoms with E-state index in [1.165, 1.54) is 6.20 Å². The molecule has 0 fully saturated rings. The highest BCUT2D eigenvalue weighted by molar-refractivity contribution is 5.88. The molecular weight excluding hydrogens is 160 g/mol. The fourth-order valence-electron chi connectivity index (χ4n) is 0.938. The van der Waals surface area contributed by atoms with Crippen molar-refractivity contribution in [2.75, 3.05) is 0 Å². The first kappa shape index (κ1) is 8.45. The number of hydrogen-bond donors (Lipinski definition) is 2. The molecule has 0 bridgehead atoms. The number of aromatic amines is 1. The first-order chi connectivity index (χ1) is 5.66. The van der Waals surface area contributed by atoms with Gasteiger partial charge in [0.2, 0.25) is 0 Å².